The maximum absolute atomic E-state index is 11.3. The molecule has 1 aliphatic rings. The first kappa shape index (κ1) is 17.8. The number of aromatic amines is 1. The second kappa shape index (κ2) is 5.72. The van der Waals surface area contributed by atoms with Crippen molar-refractivity contribution in [3.63, 3.8) is 0 Å². The summed E-state index contributed by atoms with van der Waals surface area (Å²) in [7, 11) is 0. The average Bonchev–Trinajstić information content (AvgIpc) is 3.01. The number of aromatic carboxylic acids is 1. The van der Waals surface area contributed by atoms with Crippen LogP contribution >= 0.6 is 0 Å². The first-order valence-electron chi connectivity index (χ1n) is 9.60. The molecule has 0 bridgehead atoms. The molecule has 4 rings (SSSR count). The third-order valence-electron chi connectivity index (χ3n) is 6.42. The monoisotopic (exact) mass is 361 g/mol. The Morgan fingerprint density at radius 3 is 2.22 bits per heavy atom. The zero-order valence-corrected chi connectivity index (χ0v) is 16.7. The molecule has 0 fully saturated rings. The Morgan fingerprint density at radius 1 is 0.963 bits per heavy atom. The fraction of sp³-hybridized carbons (Fsp3) is 0.375. The van der Waals surface area contributed by atoms with Crippen LogP contribution in [0.25, 0.3) is 22.0 Å². The van der Waals surface area contributed by atoms with E-state index in [1.807, 2.05) is 12.3 Å². The van der Waals surface area contributed by atoms with Crippen LogP contribution in [-0.4, -0.2) is 16.1 Å². The minimum absolute atomic E-state index is 0.163. The molecular formula is C24H27NO2. The van der Waals surface area contributed by atoms with Gasteiger partial charge >= 0.3 is 5.97 Å². The normalized spacial score (nSPS) is 17.7. The van der Waals surface area contributed by atoms with E-state index in [-0.39, 0.29) is 10.8 Å². The van der Waals surface area contributed by atoms with E-state index >= 15 is 0 Å². The lowest BCUT2D eigenvalue weighted by Gasteiger charge is -2.42. The largest absolute Gasteiger partial charge is 0.478 e. The summed E-state index contributed by atoms with van der Waals surface area (Å²) in [4.78, 5) is 14.5. The molecule has 0 spiro atoms. The minimum atomic E-state index is -0.901. The van der Waals surface area contributed by atoms with E-state index in [0.717, 1.165) is 16.5 Å². The average molecular weight is 361 g/mol. The van der Waals surface area contributed by atoms with Crippen LogP contribution < -0.4 is 0 Å². The second-order valence-corrected chi connectivity index (χ2v) is 9.25. The highest BCUT2D eigenvalue weighted by atomic mass is 16.4. The van der Waals surface area contributed by atoms with Crippen molar-refractivity contribution in [1.82, 2.24) is 4.98 Å². The van der Waals surface area contributed by atoms with Gasteiger partial charge in [0.2, 0.25) is 0 Å². The van der Waals surface area contributed by atoms with E-state index in [2.05, 4.69) is 51.7 Å². The van der Waals surface area contributed by atoms with E-state index in [9.17, 15) is 9.90 Å². The minimum Gasteiger partial charge on any atom is -0.478 e. The molecule has 27 heavy (non-hydrogen) atoms. The molecule has 3 heteroatoms. The van der Waals surface area contributed by atoms with Gasteiger partial charge in [-0.1, -0.05) is 39.8 Å². The molecule has 0 aliphatic heterocycles. The van der Waals surface area contributed by atoms with E-state index < -0.39 is 5.97 Å². The molecule has 3 aromatic rings. The molecule has 140 valence electrons. The van der Waals surface area contributed by atoms with E-state index in [4.69, 9.17) is 0 Å². The molecule has 0 saturated carbocycles. The zero-order chi connectivity index (χ0) is 19.6. The SMILES string of the molecule is Cc1cc2c(cc1-c1c[nH]c3cc(C(=O)O)ccc13)C(C)(C)CCC2(C)C. The smallest absolute Gasteiger partial charge is 0.335 e. The number of nitrogens with one attached hydrogen (secondary N) is 1. The lowest BCUT2D eigenvalue weighted by atomic mass is 9.62. The van der Waals surface area contributed by atoms with Crippen molar-refractivity contribution in [2.45, 2.75) is 58.3 Å². The topological polar surface area (TPSA) is 53.1 Å². The molecule has 2 aromatic carbocycles. The van der Waals surface area contributed by atoms with Gasteiger partial charge in [0, 0.05) is 22.7 Å². The van der Waals surface area contributed by atoms with Gasteiger partial charge in [0.05, 0.1) is 5.56 Å². The van der Waals surface area contributed by atoms with Gasteiger partial charge in [-0.2, -0.15) is 0 Å². The van der Waals surface area contributed by atoms with Crippen LogP contribution in [0.5, 0.6) is 0 Å². The Morgan fingerprint density at radius 2 is 1.59 bits per heavy atom. The second-order valence-electron chi connectivity index (χ2n) is 9.25. The van der Waals surface area contributed by atoms with Crippen molar-refractivity contribution in [1.29, 1.82) is 0 Å². The number of rotatable bonds is 2. The fourth-order valence-corrected chi connectivity index (χ4v) is 4.49. The van der Waals surface area contributed by atoms with Gasteiger partial charge < -0.3 is 10.1 Å². The first-order valence-corrected chi connectivity index (χ1v) is 9.60. The van der Waals surface area contributed by atoms with Crippen molar-refractivity contribution in [3.05, 3.63) is 58.8 Å². The molecule has 0 saturated heterocycles. The van der Waals surface area contributed by atoms with Gasteiger partial charge in [-0.25, -0.2) is 4.79 Å². The number of carbonyl (C=O) groups is 1. The predicted octanol–water partition coefficient (Wildman–Crippen LogP) is 6.19. The molecule has 1 aliphatic carbocycles. The summed E-state index contributed by atoms with van der Waals surface area (Å²) in [5.41, 5.74) is 8.07. The van der Waals surface area contributed by atoms with Crippen LogP contribution in [0.3, 0.4) is 0 Å². The van der Waals surface area contributed by atoms with E-state index in [1.165, 1.54) is 35.1 Å². The number of aromatic nitrogens is 1. The lowest BCUT2D eigenvalue weighted by Crippen LogP contribution is -2.34. The molecular weight excluding hydrogens is 334 g/mol. The van der Waals surface area contributed by atoms with Gasteiger partial charge in [-0.05, 0) is 71.0 Å². The highest BCUT2D eigenvalue weighted by molar-refractivity contribution is 6.00. The summed E-state index contributed by atoms with van der Waals surface area (Å²) in [5, 5.41) is 10.3. The Balaban J connectivity index is 1.93. The van der Waals surface area contributed by atoms with Crippen LogP contribution in [0.1, 0.15) is 67.6 Å². The summed E-state index contributed by atoms with van der Waals surface area (Å²) in [6.07, 6.45) is 4.40. The van der Waals surface area contributed by atoms with Crippen molar-refractivity contribution < 1.29 is 9.90 Å². The molecule has 1 heterocycles. The highest BCUT2D eigenvalue weighted by Crippen LogP contribution is 2.48. The molecule has 0 radical (unpaired) electrons. The van der Waals surface area contributed by atoms with E-state index in [1.54, 1.807) is 12.1 Å². The van der Waals surface area contributed by atoms with Gasteiger partial charge in [-0.15, -0.1) is 0 Å². The number of H-pyrrole nitrogens is 1. The van der Waals surface area contributed by atoms with Crippen LogP contribution in [0.2, 0.25) is 0 Å². The Hall–Kier alpha value is -2.55. The van der Waals surface area contributed by atoms with Crippen molar-refractivity contribution in [2.24, 2.45) is 0 Å². The maximum atomic E-state index is 11.3. The lowest BCUT2D eigenvalue weighted by molar-refractivity contribution is 0.0697. The number of aryl methyl sites for hydroxylation is 1. The molecule has 0 atom stereocenters. The molecule has 0 amide bonds. The predicted molar refractivity (Wildman–Crippen MR) is 111 cm³/mol. The summed E-state index contributed by atoms with van der Waals surface area (Å²) < 4.78 is 0. The van der Waals surface area contributed by atoms with Gasteiger partial charge in [0.25, 0.3) is 0 Å². The molecule has 0 unspecified atom stereocenters. The van der Waals surface area contributed by atoms with Crippen molar-refractivity contribution >= 4 is 16.9 Å². The molecule has 2 N–H and O–H groups in total. The third-order valence-corrected chi connectivity index (χ3v) is 6.42. The van der Waals surface area contributed by atoms with Crippen molar-refractivity contribution in [2.75, 3.05) is 0 Å². The summed E-state index contributed by atoms with van der Waals surface area (Å²) in [6.45, 7) is 11.6. The Labute approximate surface area is 160 Å². The number of carboxylic acid groups (broad SMARTS) is 1. The third kappa shape index (κ3) is 2.77. The maximum Gasteiger partial charge on any atom is 0.335 e. The van der Waals surface area contributed by atoms with Crippen LogP contribution in [0.4, 0.5) is 0 Å². The molecule has 3 nitrogen and oxygen atoms in total. The number of hydrogen-bond acceptors (Lipinski definition) is 1. The fourth-order valence-electron chi connectivity index (χ4n) is 4.49. The number of hydrogen-bond donors (Lipinski definition) is 2. The Kier molecular flexibility index (Phi) is 3.78. The summed E-state index contributed by atoms with van der Waals surface area (Å²) in [5.74, 6) is -0.901. The number of benzene rings is 2. The number of carboxylic acids is 1. The van der Waals surface area contributed by atoms with Crippen LogP contribution in [-0.2, 0) is 10.8 Å². The van der Waals surface area contributed by atoms with E-state index in [0.29, 0.717) is 5.56 Å². The summed E-state index contributed by atoms with van der Waals surface area (Å²) in [6, 6.07) is 10.1. The Bertz CT molecular complexity index is 1070. The van der Waals surface area contributed by atoms with Gasteiger partial charge in [0.1, 0.15) is 0 Å². The molecule has 1 aromatic heterocycles. The quantitative estimate of drug-likeness (QED) is 0.572. The van der Waals surface area contributed by atoms with Gasteiger partial charge in [0.15, 0.2) is 0 Å². The van der Waals surface area contributed by atoms with Crippen molar-refractivity contribution in [3.8, 4) is 11.1 Å². The zero-order valence-electron chi connectivity index (χ0n) is 16.7. The van der Waals surface area contributed by atoms with Crippen LogP contribution in [0.15, 0.2) is 36.5 Å². The summed E-state index contributed by atoms with van der Waals surface area (Å²) >= 11 is 0. The standard InChI is InChI=1S/C24H27NO2/c1-14-10-19-20(24(4,5)9-8-23(19,2)3)12-17(14)18-13-25-21-11-15(22(26)27)6-7-16(18)21/h6-7,10-13,25H,8-9H2,1-5H3,(H,26,27). The van der Waals surface area contributed by atoms with Gasteiger partial charge in [-0.3, -0.25) is 0 Å². The highest BCUT2D eigenvalue weighted by Gasteiger charge is 2.37. The first-order chi connectivity index (χ1) is 12.6. The number of fused-ring (bicyclic) bond motifs is 2. The van der Waals surface area contributed by atoms with Crippen LogP contribution in [0, 0.1) is 6.92 Å².